The Bertz CT molecular complexity index is 785. The zero-order valence-corrected chi connectivity index (χ0v) is 11.5. The number of nitrogens with zero attached hydrogens (tertiary/aromatic N) is 1. The molecule has 0 bridgehead atoms. The maximum Gasteiger partial charge on any atom is 0.353 e. The number of β-lactam (4-membered cyclic amide) rings is 1. The van der Waals surface area contributed by atoms with Crippen LogP contribution in [0.3, 0.4) is 0 Å². The summed E-state index contributed by atoms with van der Waals surface area (Å²) in [6.45, 7) is 0. The van der Waals surface area contributed by atoms with Crippen molar-refractivity contribution in [3.05, 3.63) is 40.0 Å². The van der Waals surface area contributed by atoms with E-state index in [1.165, 1.54) is 22.1 Å². The number of amides is 1. The lowest BCUT2D eigenvalue weighted by Crippen LogP contribution is -2.51. The fourth-order valence-electron chi connectivity index (χ4n) is 2.28. The Morgan fingerprint density at radius 3 is 3.10 bits per heavy atom. The van der Waals surface area contributed by atoms with Crippen LogP contribution < -0.4 is 0 Å². The molecule has 2 aromatic heterocycles. The van der Waals surface area contributed by atoms with E-state index < -0.39 is 5.97 Å². The molecule has 20 heavy (non-hydrogen) atoms. The highest BCUT2D eigenvalue weighted by molar-refractivity contribution is 8.03. The first kappa shape index (κ1) is 11.8. The molecule has 0 spiro atoms. The van der Waals surface area contributed by atoms with E-state index in [0.29, 0.717) is 11.3 Å². The van der Waals surface area contributed by atoms with Crippen LogP contribution in [0.4, 0.5) is 0 Å². The largest absolute Gasteiger partial charge is 0.477 e. The molecule has 7 heteroatoms. The van der Waals surface area contributed by atoms with Gasteiger partial charge in [0.15, 0.2) is 0 Å². The van der Waals surface area contributed by atoms with Gasteiger partial charge in [0.05, 0.1) is 10.3 Å². The summed E-state index contributed by atoms with van der Waals surface area (Å²) in [4.78, 5) is 24.3. The first-order chi connectivity index (χ1) is 9.65. The first-order valence-corrected chi connectivity index (χ1v) is 7.58. The molecule has 1 saturated heterocycles. The number of aliphatic carboxylic acids is 1. The van der Waals surface area contributed by atoms with Crippen molar-refractivity contribution in [2.75, 3.05) is 0 Å². The number of carboxylic acid groups (broad SMARTS) is 1. The maximum atomic E-state index is 12.0. The van der Waals surface area contributed by atoms with Crippen molar-refractivity contribution < 1.29 is 19.1 Å². The molecule has 1 amide bonds. The number of carbonyl (C=O) groups is 2. The topological polar surface area (TPSA) is 70.7 Å². The standard InChI is InChI=1S/C13H7NO4S2/c15-11-7(12-14(11)8(5-20-12)13(16)17)3-6-4-10-9(18-6)1-2-19-10/h1-5,12H,(H,16,17)/b7-3-. The first-order valence-electron chi connectivity index (χ1n) is 5.76. The van der Waals surface area contributed by atoms with Crippen LogP contribution in [0.1, 0.15) is 5.76 Å². The summed E-state index contributed by atoms with van der Waals surface area (Å²) in [7, 11) is 0. The summed E-state index contributed by atoms with van der Waals surface area (Å²) < 4.78 is 6.64. The molecule has 2 aliphatic heterocycles. The lowest BCUT2D eigenvalue weighted by atomic mass is 10.0. The Kier molecular flexibility index (Phi) is 2.36. The van der Waals surface area contributed by atoms with Gasteiger partial charge in [0, 0.05) is 11.5 Å². The fraction of sp³-hybridized carbons (Fsp3) is 0.0769. The van der Waals surface area contributed by atoms with Crippen LogP contribution in [0.15, 0.2) is 38.6 Å². The summed E-state index contributed by atoms with van der Waals surface area (Å²) in [6.07, 6.45) is 1.70. The van der Waals surface area contributed by atoms with Gasteiger partial charge in [-0.05, 0) is 17.5 Å². The lowest BCUT2D eigenvalue weighted by molar-refractivity contribution is -0.141. The third-order valence-corrected chi connectivity index (χ3v) is 5.14. The summed E-state index contributed by atoms with van der Waals surface area (Å²) in [5.41, 5.74) is 1.42. The molecule has 0 aliphatic carbocycles. The van der Waals surface area contributed by atoms with E-state index >= 15 is 0 Å². The lowest BCUT2D eigenvalue weighted by Gasteiger charge is -2.36. The molecule has 1 fully saturated rings. The minimum Gasteiger partial charge on any atom is -0.477 e. The van der Waals surface area contributed by atoms with Gasteiger partial charge >= 0.3 is 5.97 Å². The second-order valence-corrected chi connectivity index (χ2v) is 6.27. The van der Waals surface area contributed by atoms with E-state index in [0.717, 1.165) is 10.3 Å². The van der Waals surface area contributed by atoms with Crippen molar-refractivity contribution in [1.29, 1.82) is 0 Å². The number of hydrogen-bond acceptors (Lipinski definition) is 5. The summed E-state index contributed by atoms with van der Waals surface area (Å²) in [6, 6.07) is 3.76. The van der Waals surface area contributed by atoms with Crippen molar-refractivity contribution in [2.24, 2.45) is 0 Å². The van der Waals surface area contributed by atoms with Gasteiger partial charge in [-0.15, -0.1) is 23.1 Å². The predicted octanol–water partition coefficient (Wildman–Crippen LogP) is 2.72. The number of rotatable bonds is 2. The SMILES string of the molecule is O=C(O)C1=CSC2/C(=C\c3cc4sccc4o3)C(=O)N12. The minimum absolute atomic E-state index is 0.0441. The van der Waals surface area contributed by atoms with Crippen LogP contribution in [-0.4, -0.2) is 27.3 Å². The second-order valence-electron chi connectivity index (χ2n) is 4.37. The van der Waals surface area contributed by atoms with Crippen LogP contribution in [-0.2, 0) is 9.59 Å². The molecular formula is C13H7NO4S2. The van der Waals surface area contributed by atoms with Gasteiger partial charge in [-0.2, -0.15) is 0 Å². The van der Waals surface area contributed by atoms with E-state index in [2.05, 4.69) is 0 Å². The quantitative estimate of drug-likeness (QED) is 0.682. The zero-order chi connectivity index (χ0) is 13.9. The normalized spacial score (nSPS) is 23.1. The highest BCUT2D eigenvalue weighted by atomic mass is 32.2. The summed E-state index contributed by atoms with van der Waals surface area (Å²) >= 11 is 2.90. The maximum absolute atomic E-state index is 12.0. The number of thiophene rings is 1. The molecule has 0 aromatic carbocycles. The van der Waals surface area contributed by atoms with Gasteiger partial charge in [-0.1, -0.05) is 0 Å². The van der Waals surface area contributed by atoms with Crippen molar-refractivity contribution in [3.63, 3.8) is 0 Å². The summed E-state index contributed by atoms with van der Waals surface area (Å²) in [5, 5.41) is 12.2. The fourth-order valence-corrected chi connectivity index (χ4v) is 4.14. The number of hydrogen-bond donors (Lipinski definition) is 1. The predicted molar refractivity (Wildman–Crippen MR) is 76.0 cm³/mol. The zero-order valence-electron chi connectivity index (χ0n) is 9.90. The van der Waals surface area contributed by atoms with E-state index in [1.807, 2.05) is 17.5 Å². The number of fused-ring (bicyclic) bond motifs is 2. The smallest absolute Gasteiger partial charge is 0.353 e. The molecular weight excluding hydrogens is 298 g/mol. The number of thioether (sulfide) groups is 1. The van der Waals surface area contributed by atoms with E-state index in [-0.39, 0.29) is 17.0 Å². The van der Waals surface area contributed by atoms with Crippen molar-refractivity contribution in [3.8, 4) is 0 Å². The van der Waals surface area contributed by atoms with Crippen molar-refractivity contribution >= 4 is 51.3 Å². The molecule has 1 unspecified atom stereocenters. The van der Waals surface area contributed by atoms with E-state index in [1.54, 1.807) is 17.4 Å². The number of furan rings is 1. The van der Waals surface area contributed by atoms with Gasteiger partial charge in [-0.25, -0.2) is 4.79 Å². The Morgan fingerprint density at radius 2 is 2.35 bits per heavy atom. The number of carbonyl (C=O) groups excluding carboxylic acids is 1. The van der Waals surface area contributed by atoms with Gasteiger partial charge in [0.2, 0.25) is 0 Å². The van der Waals surface area contributed by atoms with Crippen molar-refractivity contribution in [2.45, 2.75) is 5.37 Å². The molecule has 1 N–H and O–H groups in total. The van der Waals surface area contributed by atoms with Crippen molar-refractivity contribution in [1.82, 2.24) is 4.90 Å². The number of carboxylic acids is 1. The van der Waals surface area contributed by atoms with Gasteiger partial charge in [-0.3, -0.25) is 9.69 Å². The monoisotopic (exact) mass is 305 g/mol. The van der Waals surface area contributed by atoms with Crippen LogP contribution in [0, 0.1) is 0 Å². The van der Waals surface area contributed by atoms with E-state index in [4.69, 9.17) is 9.52 Å². The highest BCUT2D eigenvalue weighted by Crippen LogP contribution is 2.45. The molecule has 5 nitrogen and oxygen atoms in total. The van der Waals surface area contributed by atoms with Crippen LogP contribution in [0.2, 0.25) is 0 Å². The van der Waals surface area contributed by atoms with Crippen LogP contribution in [0.25, 0.3) is 16.4 Å². The summed E-state index contributed by atoms with van der Waals surface area (Å²) in [5.74, 6) is -0.724. The molecule has 1 atom stereocenters. The molecule has 4 rings (SSSR count). The molecule has 2 aliphatic rings. The Labute approximate surface area is 121 Å². The average Bonchev–Trinajstić information content (AvgIpc) is 3.07. The molecule has 0 radical (unpaired) electrons. The van der Waals surface area contributed by atoms with Gasteiger partial charge in [0.25, 0.3) is 5.91 Å². The minimum atomic E-state index is -1.08. The highest BCUT2D eigenvalue weighted by Gasteiger charge is 2.49. The molecule has 4 heterocycles. The Balaban J connectivity index is 1.65. The van der Waals surface area contributed by atoms with Gasteiger partial charge in [0.1, 0.15) is 22.4 Å². The molecule has 2 aromatic rings. The van der Waals surface area contributed by atoms with Crippen LogP contribution >= 0.6 is 23.1 Å². The Morgan fingerprint density at radius 1 is 1.50 bits per heavy atom. The average molecular weight is 305 g/mol. The van der Waals surface area contributed by atoms with Gasteiger partial charge < -0.3 is 9.52 Å². The molecule has 100 valence electrons. The Hall–Kier alpha value is -1.99. The van der Waals surface area contributed by atoms with Crippen LogP contribution in [0.5, 0.6) is 0 Å². The third-order valence-electron chi connectivity index (χ3n) is 3.21. The van der Waals surface area contributed by atoms with E-state index in [9.17, 15) is 9.59 Å². The molecule has 0 saturated carbocycles. The third kappa shape index (κ3) is 1.50. The second kappa shape index (κ2) is 4.00.